The number of nitrogens with zero attached hydrogens (tertiary/aromatic N) is 1. The Bertz CT molecular complexity index is 81.3. The largest absolute Gasteiger partial charge is 0.241 e. The molecule has 0 bridgehead atoms. The molecule has 0 aliphatic heterocycles. The average Bonchev–Trinajstić information content (AvgIpc) is 2.19. The predicted octanol–water partition coefficient (Wildman–Crippen LogP) is 3.46. The molecule has 0 atom stereocenters. The van der Waals surface area contributed by atoms with Crippen molar-refractivity contribution in [2.75, 3.05) is 13.1 Å². The summed E-state index contributed by atoms with van der Waals surface area (Å²) in [6.45, 7) is 11.2. The Kier molecular flexibility index (Phi) is 8.53. The lowest BCUT2D eigenvalue weighted by Crippen LogP contribution is -2.21. The SMILES string of the molecule is CCC(CC)C[N]CC(CC)CC. The second kappa shape index (κ2) is 8.55. The Hall–Kier alpha value is -0.0400. The summed E-state index contributed by atoms with van der Waals surface area (Å²) in [5.74, 6) is 1.66. The molecular weight excluding hydrogens is 158 g/mol. The van der Waals surface area contributed by atoms with E-state index in [1.165, 1.54) is 25.7 Å². The van der Waals surface area contributed by atoms with Gasteiger partial charge in [0.25, 0.3) is 0 Å². The third kappa shape index (κ3) is 6.09. The zero-order chi connectivity index (χ0) is 10.1. The zero-order valence-corrected chi connectivity index (χ0v) is 9.84. The molecular formula is C12H26N. The van der Waals surface area contributed by atoms with Gasteiger partial charge in [0.2, 0.25) is 0 Å². The van der Waals surface area contributed by atoms with Crippen molar-refractivity contribution in [3.63, 3.8) is 0 Å². The van der Waals surface area contributed by atoms with Gasteiger partial charge in [-0.25, -0.2) is 5.32 Å². The minimum atomic E-state index is 0.828. The first-order valence-electron chi connectivity index (χ1n) is 5.91. The maximum atomic E-state index is 4.66. The minimum Gasteiger partial charge on any atom is -0.241 e. The van der Waals surface area contributed by atoms with Gasteiger partial charge in [-0.3, -0.25) is 0 Å². The molecule has 0 heterocycles. The molecule has 0 fully saturated rings. The fourth-order valence-electron chi connectivity index (χ4n) is 1.53. The lowest BCUT2D eigenvalue weighted by molar-refractivity contribution is 0.391. The molecule has 0 rings (SSSR count). The molecule has 0 saturated carbocycles. The topological polar surface area (TPSA) is 14.1 Å². The van der Waals surface area contributed by atoms with E-state index in [0.29, 0.717) is 0 Å². The quantitative estimate of drug-likeness (QED) is 0.548. The smallest absolute Gasteiger partial charge is 0.0161 e. The summed E-state index contributed by atoms with van der Waals surface area (Å²) in [6, 6.07) is 0. The van der Waals surface area contributed by atoms with Crippen LogP contribution in [0.25, 0.3) is 0 Å². The van der Waals surface area contributed by atoms with Crippen LogP contribution in [-0.2, 0) is 0 Å². The lowest BCUT2D eigenvalue weighted by Gasteiger charge is -2.15. The van der Waals surface area contributed by atoms with Crippen LogP contribution in [0, 0.1) is 11.8 Å². The van der Waals surface area contributed by atoms with E-state index in [9.17, 15) is 0 Å². The summed E-state index contributed by atoms with van der Waals surface area (Å²) < 4.78 is 0. The van der Waals surface area contributed by atoms with Gasteiger partial charge < -0.3 is 0 Å². The van der Waals surface area contributed by atoms with Crippen molar-refractivity contribution in [2.24, 2.45) is 11.8 Å². The van der Waals surface area contributed by atoms with Crippen LogP contribution in [0.5, 0.6) is 0 Å². The molecule has 1 heteroatoms. The summed E-state index contributed by atoms with van der Waals surface area (Å²) in [5.41, 5.74) is 0. The van der Waals surface area contributed by atoms with Gasteiger partial charge in [0.1, 0.15) is 0 Å². The van der Waals surface area contributed by atoms with E-state index in [2.05, 4.69) is 33.0 Å². The van der Waals surface area contributed by atoms with Crippen molar-refractivity contribution in [1.29, 1.82) is 0 Å². The van der Waals surface area contributed by atoms with E-state index in [-0.39, 0.29) is 0 Å². The second-order valence-electron chi connectivity index (χ2n) is 3.95. The molecule has 0 amide bonds. The lowest BCUT2D eigenvalue weighted by atomic mass is 10.0. The fourth-order valence-corrected chi connectivity index (χ4v) is 1.53. The molecule has 0 aliphatic rings. The van der Waals surface area contributed by atoms with Gasteiger partial charge in [0.05, 0.1) is 0 Å². The molecule has 0 spiro atoms. The summed E-state index contributed by atoms with van der Waals surface area (Å²) in [7, 11) is 0. The van der Waals surface area contributed by atoms with Crippen molar-refractivity contribution in [2.45, 2.75) is 53.4 Å². The molecule has 0 aromatic rings. The van der Waals surface area contributed by atoms with Crippen molar-refractivity contribution >= 4 is 0 Å². The molecule has 1 nitrogen and oxygen atoms in total. The molecule has 0 aromatic heterocycles. The van der Waals surface area contributed by atoms with Gasteiger partial charge >= 0.3 is 0 Å². The van der Waals surface area contributed by atoms with Crippen LogP contribution >= 0.6 is 0 Å². The minimum absolute atomic E-state index is 0.828. The second-order valence-corrected chi connectivity index (χ2v) is 3.95. The van der Waals surface area contributed by atoms with Crippen LogP contribution in [0.2, 0.25) is 0 Å². The van der Waals surface area contributed by atoms with Crippen LogP contribution in [0.3, 0.4) is 0 Å². The summed E-state index contributed by atoms with van der Waals surface area (Å²) in [5, 5.41) is 4.66. The van der Waals surface area contributed by atoms with Crippen LogP contribution < -0.4 is 5.32 Å². The molecule has 0 N–H and O–H groups in total. The van der Waals surface area contributed by atoms with Gasteiger partial charge in [-0.15, -0.1) is 0 Å². The molecule has 0 unspecified atom stereocenters. The van der Waals surface area contributed by atoms with Gasteiger partial charge in [-0.1, -0.05) is 53.4 Å². The van der Waals surface area contributed by atoms with Gasteiger partial charge in [-0.2, -0.15) is 0 Å². The third-order valence-electron chi connectivity index (χ3n) is 3.08. The average molecular weight is 184 g/mol. The predicted molar refractivity (Wildman–Crippen MR) is 60.0 cm³/mol. The highest BCUT2D eigenvalue weighted by Gasteiger charge is 2.06. The summed E-state index contributed by atoms with van der Waals surface area (Å²) in [6.07, 6.45) is 5.12. The van der Waals surface area contributed by atoms with E-state index >= 15 is 0 Å². The normalized spacial score (nSPS) is 11.5. The van der Waals surface area contributed by atoms with Crippen LogP contribution in [0.4, 0.5) is 0 Å². The summed E-state index contributed by atoms with van der Waals surface area (Å²) in [4.78, 5) is 0. The highest BCUT2D eigenvalue weighted by atomic mass is 14.9. The van der Waals surface area contributed by atoms with Crippen molar-refractivity contribution < 1.29 is 0 Å². The Morgan fingerprint density at radius 2 is 1.00 bits per heavy atom. The number of hydrogen-bond donors (Lipinski definition) is 0. The van der Waals surface area contributed by atoms with Crippen LogP contribution in [-0.4, -0.2) is 13.1 Å². The molecule has 0 saturated heterocycles. The first kappa shape index (κ1) is 13.0. The van der Waals surface area contributed by atoms with E-state index in [0.717, 1.165) is 24.9 Å². The van der Waals surface area contributed by atoms with Crippen LogP contribution in [0.1, 0.15) is 53.4 Å². The third-order valence-corrected chi connectivity index (χ3v) is 3.08. The monoisotopic (exact) mass is 184 g/mol. The number of hydrogen-bond acceptors (Lipinski definition) is 0. The van der Waals surface area contributed by atoms with Gasteiger partial charge in [-0.05, 0) is 11.8 Å². The van der Waals surface area contributed by atoms with Crippen molar-refractivity contribution in [3.8, 4) is 0 Å². The maximum absolute atomic E-state index is 4.66. The highest BCUT2D eigenvalue weighted by molar-refractivity contribution is 4.62. The van der Waals surface area contributed by atoms with E-state index in [4.69, 9.17) is 0 Å². The van der Waals surface area contributed by atoms with Crippen molar-refractivity contribution in [1.82, 2.24) is 5.32 Å². The molecule has 13 heavy (non-hydrogen) atoms. The van der Waals surface area contributed by atoms with Gasteiger partial charge in [0.15, 0.2) is 0 Å². The Morgan fingerprint density at radius 1 is 0.692 bits per heavy atom. The standard InChI is InChI=1S/C12H26N/c1-5-11(6-2)9-13-10-12(7-3)8-4/h11-12H,5-10H2,1-4H3. The van der Waals surface area contributed by atoms with E-state index in [1.54, 1.807) is 0 Å². The number of rotatable bonds is 8. The molecule has 0 aromatic carbocycles. The first-order valence-corrected chi connectivity index (χ1v) is 5.91. The van der Waals surface area contributed by atoms with Crippen LogP contribution in [0.15, 0.2) is 0 Å². The molecule has 0 aliphatic carbocycles. The summed E-state index contributed by atoms with van der Waals surface area (Å²) >= 11 is 0. The van der Waals surface area contributed by atoms with Gasteiger partial charge in [0, 0.05) is 13.1 Å². The zero-order valence-electron chi connectivity index (χ0n) is 9.84. The fraction of sp³-hybridized carbons (Fsp3) is 1.00. The van der Waals surface area contributed by atoms with E-state index < -0.39 is 0 Å². The maximum Gasteiger partial charge on any atom is 0.0161 e. The molecule has 1 radical (unpaired) electrons. The molecule has 79 valence electrons. The van der Waals surface area contributed by atoms with Crippen molar-refractivity contribution in [3.05, 3.63) is 0 Å². The first-order chi connectivity index (χ1) is 6.28. The Labute approximate surface area is 84.3 Å². The Balaban J connectivity index is 3.41. The Morgan fingerprint density at radius 3 is 1.23 bits per heavy atom. The highest BCUT2D eigenvalue weighted by Crippen LogP contribution is 2.09. The van der Waals surface area contributed by atoms with E-state index in [1.807, 2.05) is 0 Å².